The van der Waals surface area contributed by atoms with Gasteiger partial charge in [0.1, 0.15) is 0 Å². The molecule has 76 valence electrons. The summed E-state index contributed by atoms with van der Waals surface area (Å²) in [6.07, 6.45) is 1.34. The van der Waals surface area contributed by atoms with Crippen LogP contribution in [0.15, 0.2) is 23.4 Å². The summed E-state index contributed by atoms with van der Waals surface area (Å²) in [6.45, 7) is 2.46. The van der Waals surface area contributed by atoms with Crippen LogP contribution < -0.4 is 9.47 Å². The van der Waals surface area contributed by atoms with E-state index >= 15 is 0 Å². The van der Waals surface area contributed by atoms with Gasteiger partial charge in [0, 0.05) is 5.56 Å². The van der Waals surface area contributed by atoms with Crippen molar-refractivity contribution in [2.24, 2.45) is 5.16 Å². The van der Waals surface area contributed by atoms with Crippen LogP contribution in [0.5, 0.6) is 11.5 Å². The van der Waals surface area contributed by atoms with E-state index in [9.17, 15) is 0 Å². The van der Waals surface area contributed by atoms with E-state index in [0.29, 0.717) is 18.1 Å². The molecule has 0 aliphatic heterocycles. The standard InChI is InChI=1S/C10H13NO3/c1-3-14-10-6-8(7-11-12)4-5-9(10)13-2/h4-7,12H,3H2,1-2H3/b11-7-. The Morgan fingerprint density at radius 1 is 1.43 bits per heavy atom. The lowest BCUT2D eigenvalue weighted by atomic mass is 10.2. The summed E-state index contributed by atoms with van der Waals surface area (Å²) in [5, 5.41) is 11.3. The molecule has 0 bridgehead atoms. The average Bonchev–Trinajstić information content (AvgIpc) is 2.19. The summed E-state index contributed by atoms with van der Waals surface area (Å²) in [7, 11) is 1.58. The second kappa shape index (κ2) is 5.11. The zero-order valence-electron chi connectivity index (χ0n) is 8.23. The van der Waals surface area contributed by atoms with E-state index in [2.05, 4.69) is 5.16 Å². The molecular formula is C10H13NO3. The minimum Gasteiger partial charge on any atom is -0.493 e. The molecule has 1 rings (SSSR count). The fourth-order valence-electron chi connectivity index (χ4n) is 1.11. The first kappa shape index (κ1) is 10.4. The van der Waals surface area contributed by atoms with E-state index in [-0.39, 0.29) is 0 Å². The molecule has 0 saturated carbocycles. The SMILES string of the molecule is CCOc1cc(/C=N\O)ccc1OC. The van der Waals surface area contributed by atoms with E-state index in [4.69, 9.17) is 14.7 Å². The smallest absolute Gasteiger partial charge is 0.161 e. The third-order valence-electron chi connectivity index (χ3n) is 1.69. The number of methoxy groups -OCH3 is 1. The van der Waals surface area contributed by atoms with Gasteiger partial charge < -0.3 is 14.7 Å². The number of ether oxygens (including phenoxy) is 2. The summed E-state index contributed by atoms with van der Waals surface area (Å²) >= 11 is 0. The van der Waals surface area contributed by atoms with Crippen LogP contribution in [0.1, 0.15) is 12.5 Å². The zero-order valence-corrected chi connectivity index (χ0v) is 8.23. The normalized spacial score (nSPS) is 10.4. The molecule has 0 saturated heterocycles. The Bertz CT molecular complexity index is 323. The molecule has 0 radical (unpaired) electrons. The van der Waals surface area contributed by atoms with E-state index in [0.717, 1.165) is 5.56 Å². The summed E-state index contributed by atoms with van der Waals surface area (Å²) in [5.74, 6) is 1.31. The number of hydrogen-bond donors (Lipinski definition) is 1. The first-order chi connectivity index (χ1) is 6.81. The third-order valence-corrected chi connectivity index (χ3v) is 1.69. The molecule has 0 aliphatic carbocycles. The predicted octanol–water partition coefficient (Wildman–Crippen LogP) is 1.90. The summed E-state index contributed by atoms with van der Waals surface area (Å²) < 4.78 is 10.4. The maximum atomic E-state index is 8.36. The first-order valence-electron chi connectivity index (χ1n) is 4.30. The number of rotatable bonds is 4. The Labute approximate surface area is 82.8 Å². The van der Waals surface area contributed by atoms with Crippen LogP contribution in [-0.2, 0) is 0 Å². The number of benzene rings is 1. The van der Waals surface area contributed by atoms with Crippen LogP contribution in [0, 0.1) is 0 Å². The van der Waals surface area contributed by atoms with Gasteiger partial charge >= 0.3 is 0 Å². The van der Waals surface area contributed by atoms with E-state index < -0.39 is 0 Å². The van der Waals surface area contributed by atoms with Crippen LogP contribution in [0.25, 0.3) is 0 Å². The molecule has 1 aromatic rings. The van der Waals surface area contributed by atoms with E-state index in [1.54, 1.807) is 25.3 Å². The summed E-state index contributed by atoms with van der Waals surface area (Å²) in [5.41, 5.74) is 0.761. The Hall–Kier alpha value is -1.71. The van der Waals surface area contributed by atoms with Gasteiger partial charge in [-0.15, -0.1) is 0 Å². The predicted molar refractivity (Wildman–Crippen MR) is 53.5 cm³/mol. The topological polar surface area (TPSA) is 51.0 Å². The molecule has 1 aromatic carbocycles. The fourth-order valence-corrected chi connectivity index (χ4v) is 1.11. The van der Waals surface area contributed by atoms with Crippen LogP contribution in [0.2, 0.25) is 0 Å². The van der Waals surface area contributed by atoms with Crippen molar-refractivity contribution in [3.05, 3.63) is 23.8 Å². The van der Waals surface area contributed by atoms with Crippen LogP contribution in [0.4, 0.5) is 0 Å². The van der Waals surface area contributed by atoms with Crippen molar-refractivity contribution >= 4 is 6.21 Å². The van der Waals surface area contributed by atoms with Crippen molar-refractivity contribution in [2.75, 3.05) is 13.7 Å². The number of oxime groups is 1. The van der Waals surface area contributed by atoms with Crippen LogP contribution in [0.3, 0.4) is 0 Å². The molecule has 0 unspecified atom stereocenters. The van der Waals surface area contributed by atoms with Gasteiger partial charge in [-0.1, -0.05) is 5.16 Å². The van der Waals surface area contributed by atoms with Gasteiger partial charge in [0.05, 0.1) is 19.9 Å². The van der Waals surface area contributed by atoms with Gasteiger partial charge in [-0.05, 0) is 25.1 Å². The molecular weight excluding hydrogens is 182 g/mol. The lowest BCUT2D eigenvalue weighted by Crippen LogP contribution is -1.96. The molecule has 0 aromatic heterocycles. The zero-order chi connectivity index (χ0) is 10.4. The van der Waals surface area contributed by atoms with Crippen molar-refractivity contribution in [3.8, 4) is 11.5 Å². The monoisotopic (exact) mass is 195 g/mol. The highest BCUT2D eigenvalue weighted by Gasteiger charge is 2.03. The molecule has 0 heterocycles. The summed E-state index contributed by atoms with van der Waals surface area (Å²) in [4.78, 5) is 0. The molecule has 0 amide bonds. The highest BCUT2D eigenvalue weighted by atomic mass is 16.5. The van der Waals surface area contributed by atoms with Crippen molar-refractivity contribution in [2.45, 2.75) is 6.92 Å². The number of nitrogens with zero attached hydrogens (tertiary/aromatic N) is 1. The second-order valence-corrected chi connectivity index (χ2v) is 2.59. The highest BCUT2D eigenvalue weighted by molar-refractivity contribution is 5.80. The highest BCUT2D eigenvalue weighted by Crippen LogP contribution is 2.27. The molecule has 1 N–H and O–H groups in total. The summed E-state index contributed by atoms with van der Waals surface area (Å²) in [6, 6.07) is 5.30. The minimum atomic E-state index is 0.566. The third kappa shape index (κ3) is 2.39. The Morgan fingerprint density at radius 3 is 2.79 bits per heavy atom. The Morgan fingerprint density at radius 2 is 2.21 bits per heavy atom. The van der Waals surface area contributed by atoms with Crippen molar-refractivity contribution in [1.82, 2.24) is 0 Å². The lowest BCUT2D eigenvalue weighted by molar-refractivity contribution is 0.310. The van der Waals surface area contributed by atoms with Gasteiger partial charge in [-0.3, -0.25) is 0 Å². The van der Waals surface area contributed by atoms with E-state index in [1.165, 1.54) is 6.21 Å². The Kier molecular flexibility index (Phi) is 3.79. The minimum absolute atomic E-state index is 0.566. The first-order valence-corrected chi connectivity index (χ1v) is 4.30. The fraction of sp³-hybridized carbons (Fsp3) is 0.300. The average molecular weight is 195 g/mol. The van der Waals surface area contributed by atoms with Crippen molar-refractivity contribution in [1.29, 1.82) is 0 Å². The molecule has 0 aliphatic rings. The van der Waals surface area contributed by atoms with E-state index in [1.807, 2.05) is 6.92 Å². The molecule has 0 spiro atoms. The molecule has 4 nitrogen and oxygen atoms in total. The molecule has 4 heteroatoms. The van der Waals surface area contributed by atoms with Crippen LogP contribution >= 0.6 is 0 Å². The second-order valence-electron chi connectivity index (χ2n) is 2.59. The maximum Gasteiger partial charge on any atom is 0.161 e. The Balaban J connectivity index is 3.00. The van der Waals surface area contributed by atoms with Crippen molar-refractivity contribution in [3.63, 3.8) is 0 Å². The largest absolute Gasteiger partial charge is 0.493 e. The van der Waals surface area contributed by atoms with Gasteiger partial charge in [-0.25, -0.2) is 0 Å². The quantitative estimate of drug-likeness (QED) is 0.453. The lowest BCUT2D eigenvalue weighted by Gasteiger charge is -2.09. The van der Waals surface area contributed by atoms with Gasteiger partial charge in [0.15, 0.2) is 11.5 Å². The van der Waals surface area contributed by atoms with Gasteiger partial charge in [0.25, 0.3) is 0 Å². The molecule has 14 heavy (non-hydrogen) atoms. The molecule has 0 atom stereocenters. The van der Waals surface area contributed by atoms with Gasteiger partial charge in [-0.2, -0.15) is 0 Å². The van der Waals surface area contributed by atoms with Crippen molar-refractivity contribution < 1.29 is 14.7 Å². The van der Waals surface area contributed by atoms with Gasteiger partial charge in [0.2, 0.25) is 0 Å². The van der Waals surface area contributed by atoms with Crippen LogP contribution in [-0.4, -0.2) is 25.1 Å². The number of hydrogen-bond acceptors (Lipinski definition) is 4. The molecule has 0 fully saturated rings. The maximum absolute atomic E-state index is 8.36.